The van der Waals surface area contributed by atoms with Gasteiger partial charge in [-0.1, -0.05) is 30.3 Å². The minimum atomic E-state index is 0. The number of likely N-dealkylation sites (N-methyl/N-ethyl adjacent to an activating group) is 1. The third kappa shape index (κ3) is 7.48. The largest absolute Gasteiger partial charge is 0.355 e. The Balaban J connectivity index is 0.00000361. The molecule has 1 aromatic rings. The number of nitrogens with one attached hydrogen (secondary N) is 2. The zero-order valence-corrected chi connectivity index (χ0v) is 13.4. The zero-order chi connectivity index (χ0) is 14.1. The highest BCUT2D eigenvalue weighted by atomic mass is 35.5. The normalized spacial score (nSPS) is 11.8. The van der Waals surface area contributed by atoms with Crippen LogP contribution in [-0.4, -0.2) is 44.0 Å². The summed E-state index contributed by atoms with van der Waals surface area (Å²) in [7, 11) is 3.89. The Morgan fingerprint density at radius 3 is 2.55 bits per heavy atom. The van der Waals surface area contributed by atoms with E-state index in [2.05, 4.69) is 53.8 Å². The Morgan fingerprint density at radius 2 is 1.95 bits per heavy atom. The summed E-state index contributed by atoms with van der Waals surface area (Å²) < 4.78 is 0. The van der Waals surface area contributed by atoms with Crippen LogP contribution in [0.1, 0.15) is 18.9 Å². The Morgan fingerprint density at radius 1 is 1.30 bits per heavy atom. The fourth-order valence-corrected chi connectivity index (χ4v) is 1.89. The molecule has 0 aliphatic carbocycles. The van der Waals surface area contributed by atoms with Crippen LogP contribution in [0, 0.1) is 0 Å². The molecule has 1 aromatic carbocycles. The van der Waals surface area contributed by atoms with Crippen molar-refractivity contribution in [3.05, 3.63) is 35.9 Å². The van der Waals surface area contributed by atoms with Crippen LogP contribution in [0.3, 0.4) is 0 Å². The van der Waals surface area contributed by atoms with Gasteiger partial charge < -0.3 is 10.6 Å². The molecule has 1 amide bonds. The lowest BCUT2D eigenvalue weighted by Gasteiger charge is -2.24. The van der Waals surface area contributed by atoms with E-state index in [1.807, 2.05) is 6.07 Å². The van der Waals surface area contributed by atoms with Crippen LogP contribution in [0.5, 0.6) is 0 Å². The molecule has 0 aliphatic rings. The lowest BCUT2D eigenvalue weighted by molar-refractivity contribution is -0.120. The van der Waals surface area contributed by atoms with Gasteiger partial charge in [0.05, 0.1) is 6.54 Å². The van der Waals surface area contributed by atoms with Crippen LogP contribution >= 0.6 is 12.4 Å². The zero-order valence-electron chi connectivity index (χ0n) is 12.6. The van der Waals surface area contributed by atoms with E-state index in [9.17, 15) is 4.79 Å². The summed E-state index contributed by atoms with van der Waals surface area (Å²) in [6, 6.07) is 10.9. The van der Waals surface area contributed by atoms with Gasteiger partial charge in [-0.25, -0.2) is 0 Å². The van der Waals surface area contributed by atoms with Crippen LogP contribution in [0.25, 0.3) is 0 Å². The van der Waals surface area contributed by atoms with Gasteiger partial charge in [0.2, 0.25) is 5.91 Å². The molecule has 4 nitrogen and oxygen atoms in total. The smallest absolute Gasteiger partial charge is 0.233 e. The summed E-state index contributed by atoms with van der Waals surface area (Å²) in [4.78, 5) is 13.6. The second-order valence-electron chi connectivity index (χ2n) is 4.92. The summed E-state index contributed by atoms with van der Waals surface area (Å²) in [5.74, 6) is 0.0559. The standard InChI is InChI=1S/C15H25N3O.ClH/c1-13(9-10-17-15(19)11-16-2)18(3)12-14-7-5-4-6-8-14;/h4-8,13,16H,9-12H2,1-3H3,(H,17,19);1H. The van der Waals surface area contributed by atoms with Gasteiger partial charge in [-0.3, -0.25) is 9.69 Å². The van der Waals surface area contributed by atoms with Crippen LogP contribution < -0.4 is 10.6 Å². The summed E-state index contributed by atoms with van der Waals surface area (Å²) in [5.41, 5.74) is 1.32. The van der Waals surface area contributed by atoms with E-state index in [0.29, 0.717) is 12.6 Å². The summed E-state index contributed by atoms with van der Waals surface area (Å²) >= 11 is 0. The Labute approximate surface area is 128 Å². The van der Waals surface area contributed by atoms with E-state index >= 15 is 0 Å². The first-order chi connectivity index (χ1) is 9.13. The topological polar surface area (TPSA) is 44.4 Å². The monoisotopic (exact) mass is 299 g/mol. The van der Waals surface area contributed by atoms with Gasteiger partial charge in [-0.05, 0) is 33.0 Å². The van der Waals surface area contributed by atoms with E-state index in [0.717, 1.165) is 19.5 Å². The number of carbonyl (C=O) groups is 1. The molecule has 20 heavy (non-hydrogen) atoms. The molecule has 0 saturated heterocycles. The number of nitrogens with zero attached hydrogens (tertiary/aromatic N) is 1. The fraction of sp³-hybridized carbons (Fsp3) is 0.533. The molecule has 2 N–H and O–H groups in total. The van der Waals surface area contributed by atoms with Crippen molar-refractivity contribution >= 4 is 18.3 Å². The highest BCUT2D eigenvalue weighted by Crippen LogP contribution is 2.07. The number of hydrogen-bond acceptors (Lipinski definition) is 3. The highest BCUT2D eigenvalue weighted by molar-refractivity contribution is 5.85. The van der Waals surface area contributed by atoms with Crippen molar-refractivity contribution in [1.29, 1.82) is 0 Å². The highest BCUT2D eigenvalue weighted by Gasteiger charge is 2.09. The van der Waals surface area contributed by atoms with Crippen molar-refractivity contribution < 1.29 is 4.79 Å². The molecular weight excluding hydrogens is 274 g/mol. The third-order valence-corrected chi connectivity index (χ3v) is 3.25. The van der Waals surface area contributed by atoms with Gasteiger partial charge in [-0.2, -0.15) is 0 Å². The third-order valence-electron chi connectivity index (χ3n) is 3.25. The molecule has 0 aliphatic heterocycles. The maximum absolute atomic E-state index is 11.3. The Bertz CT molecular complexity index is 373. The van der Waals surface area contributed by atoms with E-state index in [4.69, 9.17) is 0 Å². The van der Waals surface area contributed by atoms with E-state index in [1.54, 1.807) is 7.05 Å². The predicted molar refractivity (Wildman–Crippen MR) is 86.2 cm³/mol. The summed E-state index contributed by atoms with van der Waals surface area (Å²) in [5, 5.41) is 5.74. The van der Waals surface area contributed by atoms with E-state index in [1.165, 1.54) is 5.56 Å². The molecule has 1 atom stereocenters. The molecule has 0 heterocycles. The number of halogens is 1. The van der Waals surface area contributed by atoms with Gasteiger partial charge in [0.25, 0.3) is 0 Å². The molecular formula is C15H26ClN3O. The molecule has 0 bridgehead atoms. The van der Waals surface area contributed by atoms with Crippen LogP contribution in [0.2, 0.25) is 0 Å². The van der Waals surface area contributed by atoms with Crippen molar-refractivity contribution in [1.82, 2.24) is 15.5 Å². The first kappa shape index (κ1) is 18.9. The number of benzene rings is 1. The molecule has 0 radical (unpaired) electrons. The van der Waals surface area contributed by atoms with Gasteiger partial charge in [0, 0.05) is 19.1 Å². The molecule has 1 unspecified atom stereocenters. The van der Waals surface area contributed by atoms with Crippen molar-refractivity contribution in [3.63, 3.8) is 0 Å². The minimum absolute atomic E-state index is 0. The summed E-state index contributed by atoms with van der Waals surface area (Å²) in [6.07, 6.45) is 0.957. The first-order valence-electron chi connectivity index (χ1n) is 6.79. The average molecular weight is 300 g/mol. The Kier molecular flexibility index (Phi) is 10.1. The van der Waals surface area contributed by atoms with Crippen molar-refractivity contribution in [2.24, 2.45) is 0 Å². The van der Waals surface area contributed by atoms with E-state index < -0.39 is 0 Å². The van der Waals surface area contributed by atoms with E-state index in [-0.39, 0.29) is 18.3 Å². The van der Waals surface area contributed by atoms with Gasteiger partial charge in [-0.15, -0.1) is 12.4 Å². The van der Waals surface area contributed by atoms with Crippen LogP contribution in [0.15, 0.2) is 30.3 Å². The lowest BCUT2D eigenvalue weighted by Crippen LogP contribution is -2.36. The molecule has 1 rings (SSSR count). The van der Waals surface area contributed by atoms with Crippen molar-refractivity contribution in [2.75, 3.05) is 27.2 Å². The minimum Gasteiger partial charge on any atom is -0.355 e. The number of amides is 1. The number of hydrogen-bond donors (Lipinski definition) is 2. The van der Waals surface area contributed by atoms with Crippen LogP contribution in [-0.2, 0) is 11.3 Å². The van der Waals surface area contributed by atoms with Gasteiger partial charge in [0.1, 0.15) is 0 Å². The van der Waals surface area contributed by atoms with Gasteiger partial charge >= 0.3 is 0 Å². The molecule has 0 saturated carbocycles. The molecule has 0 spiro atoms. The molecule has 0 aromatic heterocycles. The SMILES string of the molecule is CNCC(=O)NCCC(C)N(C)Cc1ccccc1.Cl. The Hall–Kier alpha value is -1.10. The quantitative estimate of drug-likeness (QED) is 0.767. The fourth-order valence-electron chi connectivity index (χ4n) is 1.89. The number of carbonyl (C=O) groups excluding carboxylic acids is 1. The number of rotatable bonds is 8. The first-order valence-corrected chi connectivity index (χ1v) is 6.79. The van der Waals surface area contributed by atoms with Crippen molar-refractivity contribution in [2.45, 2.75) is 25.9 Å². The molecule has 5 heteroatoms. The summed E-state index contributed by atoms with van der Waals surface area (Å²) in [6.45, 7) is 4.23. The molecule has 114 valence electrons. The van der Waals surface area contributed by atoms with Crippen molar-refractivity contribution in [3.8, 4) is 0 Å². The predicted octanol–water partition coefficient (Wildman–Crippen LogP) is 1.65. The maximum atomic E-state index is 11.3. The second kappa shape index (κ2) is 10.7. The lowest BCUT2D eigenvalue weighted by atomic mass is 10.1. The average Bonchev–Trinajstić information content (AvgIpc) is 2.40. The van der Waals surface area contributed by atoms with Crippen LogP contribution in [0.4, 0.5) is 0 Å². The maximum Gasteiger partial charge on any atom is 0.233 e. The molecule has 0 fully saturated rings. The second-order valence-corrected chi connectivity index (χ2v) is 4.92. The van der Waals surface area contributed by atoms with Gasteiger partial charge in [0.15, 0.2) is 0 Å².